The molecule has 5 rings (SSSR count). The Morgan fingerprint density at radius 2 is 1.71 bits per heavy atom. The molecular formula is C26H28N2O5S. The van der Waals surface area contributed by atoms with Crippen molar-refractivity contribution in [3.63, 3.8) is 0 Å². The largest absolute Gasteiger partial charge is 0.480 e. The average molecular weight is 481 g/mol. The minimum Gasteiger partial charge on any atom is -0.480 e. The quantitative estimate of drug-likeness (QED) is 0.670. The van der Waals surface area contributed by atoms with Crippen molar-refractivity contribution >= 4 is 29.7 Å². The SMILES string of the molecule is O=C(N[C@@H]1CCC[C@H](C(=O)N2CSCC2C(=O)O)C1)OCC1c2ccccc2-c2ccccc21. The van der Waals surface area contributed by atoms with E-state index in [1.54, 1.807) is 0 Å². The maximum absolute atomic E-state index is 13.0. The van der Waals surface area contributed by atoms with Gasteiger partial charge in [0.15, 0.2) is 0 Å². The van der Waals surface area contributed by atoms with Gasteiger partial charge in [-0.1, -0.05) is 55.0 Å². The average Bonchev–Trinajstić information content (AvgIpc) is 3.46. The first-order chi connectivity index (χ1) is 16.5. The van der Waals surface area contributed by atoms with E-state index in [1.165, 1.54) is 27.8 Å². The molecule has 3 atom stereocenters. The lowest BCUT2D eigenvalue weighted by atomic mass is 9.84. The molecule has 1 saturated heterocycles. The third-order valence-electron chi connectivity index (χ3n) is 7.14. The number of fused-ring (bicyclic) bond motifs is 3. The number of carboxylic acid groups (broad SMARTS) is 1. The van der Waals surface area contributed by atoms with E-state index in [9.17, 15) is 19.5 Å². The maximum atomic E-state index is 13.0. The third kappa shape index (κ3) is 4.39. The molecule has 1 unspecified atom stereocenters. The van der Waals surface area contributed by atoms with Crippen molar-refractivity contribution in [1.29, 1.82) is 0 Å². The summed E-state index contributed by atoms with van der Waals surface area (Å²) >= 11 is 1.47. The Kier molecular flexibility index (Phi) is 6.50. The zero-order valence-corrected chi connectivity index (χ0v) is 19.6. The van der Waals surface area contributed by atoms with Crippen LogP contribution >= 0.6 is 11.8 Å². The van der Waals surface area contributed by atoms with Crippen LogP contribution in [0, 0.1) is 5.92 Å². The smallest absolute Gasteiger partial charge is 0.407 e. The van der Waals surface area contributed by atoms with Crippen molar-refractivity contribution in [1.82, 2.24) is 10.2 Å². The van der Waals surface area contributed by atoms with E-state index in [0.717, 1.165) is 30.4 Å². The number of alkyl carbamates (subject to hydrolysis) is 1. The minimum atomic E-state index is -0.956. The Morgan fingerprint density at radius 1 is 1.03 bits per heavy atom. The molecule has 0 radical (unpaired) electrons. The van der Waals surface area contributed by atoms with E-state index in [2.05, 4.69) is 29.6 Å². The molecule has 2 fully saturated rings. The van der Waals surface area contributed by atoms with Crippen molar-refractivity contribution in [2.24, 2.45) is 5.92 Å². The van der Waals surface area contributed by atoms with Gasteiger partial charge in [-0.2, -0.15) is 0 Å². The summed E-state index contributed by atoms with van der Waals surface area (Å²) in [7, 11) is 0. The van der Waals surface area contributed by atoms with Crippen molar-refractivity contribution in [2.45, 2.75) is 43.7 Å². The Hall–Kier alpha value is -3.00. The number of hydrogen-bond donors (Lipinski definition) is 2. The van der Waals surface area contributed by atoms with Gasteiger partial charge in [-0.3, -0.25) is 4.79 Å². The normalized spacial score (nSPS) is 23.8. The molecule has 3 aliphatic rings. The highest BCUT2D eigenvalue weighted by molar-refractivity contribution is 7.99. The summed E-state index contributed by atoms with van der Waals surface area (Å²) in [6.07, 6.45) is 2.35. The van der Waals surface area contributed by atoms with Crippen LogP contribution in [0.25, 0.3) is 11.1 Å². The zero-order valence-electron chi connectivity index (χ0n) is 18.8. The van der Waals surface area contributed by atoms with Crippen LogP contribution in [0.2, 0.25) is 0 Å². The molecule has 2 N–H and O–H groups in total. The van der Waals surface area contributed by atoms with Gasteiger partial charge < -0.3 is 20.1 Å². The van der Waals surface area contributed by atoms with Gasteiger partial charge in [-0.15, -0.1) is 11.8 Å². The monoisotopic (exact) mass is 480 g/mol. The van der Waals surface area contributed by atoms with Crippen LogP contribution in [0.5, 0.6) is 0 Å². The molecule has 2 amide bonds. The number of nitrogens with one attached hydrogen (secondary N) is 1. The highest BCUT2D eigenvalue weighted by Gasteiger charge is 2.39. The number of amides is 2. The van der Waals surface area contributed by atoms with Gasteiger partial charge in [0.25, 0.3) is 0 Å². The van der Waals surface area contributed by atoms with Crippen LogP contribution in [0.15, 0.2) is 48.5 Å². The van der Waals surface area contributed by atoms with Gasteiger partial charge >= 0.3 is 12.1 Å². The Labute approximate surface area is 202 Å². The summed E-state index contributed by atoms with van der Waals surface area (Å²) in [5.74, 6) is -0.502. The first-order valence-corrected chi connectivity index (χ1v) is 12.9. The van der Waals surface area contributed by atoms with Crippen molar-refractivity contribution in [3.05, 3.63) is 59.7 Å². The number of rotatable bonds is 5. The van der Waals surface area contributed by atoms with E-state index in [4.69, 9.17) is 4.74 Å². The van der Waals surface area contributed by atoms with E-state index in [0.29, 0.717) is 18.1 Å². The minimum absolute atomic E-state index is 0.000509. The van der Waals surface area contributed by atoms with Crippen molar-refractivity contribution in [3.8, 4) is 11.1 Å². The summed E-state index contributed by atoms with van der Waals surface area (Å²) in [6, 6.07) is 15.5. The van der Waals surface area contributed by atoms with Gasteiger partial charge in [0.2, 0.25) is 5.91 Å². The molecule has 1 saturated carbocycles. The molecule has 34 heavy (non-hydrogen) atoms. The van der Waals surface area contributed by atoms with Gasteiger partial charge in [0.1, 0.15) is 12.6 Å². The number of ether oxygens (including phenoxy) is 1. The Bertz CT molecular complexity index is 1060. The maximum Gasteiger partial charge on any atom is 0.407 e. The number of carbonyl (C=O) groups is 3. The van der Waals surface area contributed by atoms with Crippen molar-refractivity contribution < 1.29 is 24.2 Å². The number of carboxylic acids is 1. The summed E-state index contributed by atoms with van der Waals surface area (Å²) < 4.78 is 5.66. The summed E-state index contributed by atoms with van der Waals surface area (Å²) in [5.41, 5.74) is 4.69. The summed E-state index contributed by atoms with van der Waals surface area (Å²) in [5, 5.41) is 12.3. The van der Waals surface area contributed by atoms with E-state index < -0.39 is 18.1 Å². The van der Waals surface area contributed by atoms with Gasteiger partial charge in [-0.25, -0.2) is 9.59 Å². The number of aliphatic carboxylic acids is 1. The highest BCUT2D eigenvalue weighted by Crippen LogP contribution is 2.44. The lowest BCUT2D eigenvalue weighted by molar-refractivity contribution is -0.150. The van der Waals surface area contributed by atoms with Gasteiger partial charge in [0, 0.05) is 23.6 Å². The second-order valence-corrected chi connectivity index (χ2v) is 10.2. The molecule has 8 heteroatoms. The van der Waals surface area contributed by atoms with Crippen LogP contribution in [0.1, 0.15) is 42.7 Å². The fourth-order valence-corrected chi connectivity index (χ4v) is 6.61. The van der Waals surface area contributed by atoms with Crippen LogP contribution in [0.3, 0.4) is 0 Å². The fourth-order valence-electron chi connectivity index (χ4n) is 5.45. The summed E-state index contributed by atoms with van der Waals surface area (Å²) in [4.78, 5) is 38.6. The second kappa shape index (κ2) is 9.70. The number of thioether (sulfide) groups is 1. The molecule has 2 aromatic carbocycles. The summed E-state index contributed by atoms with van der Waals surface area (Å²) in [6.45, 7) is 0.250. The van der Waals surface area contributed by atoms with Crippen molar-refractivity contribution in [2.75, 3.05) is 18.2 Å². The number of carbonyl (C=O) groups excluding carboxylic acids is 2. The van der Waals surface area contributed by atoms with E-state index in [1.807, 2.05) is 24.3 Å². The molecule has 0 aromatic heterocycles. The highest BCUT2D eigenvalue weighted by atomic mass is 32.2. The van der Waals surface area contributed by atoms with Gasteiger partial charge in [-0.05, 0) is 41.5 Å². The molecule has 1 aliphatic heterocycles. The first kappa shape index (κ1) is 22.8. The standard InChI is InChI=1S/C26H28N2O5S/c29-24(28-15-34-14-23(28)25(30)31)16-6-5-7-17(12-16)27-26(32)33-13-22-20-10-3-1-8-18(20)19-9-2-4-11-21(19)22/h1-4,8-11,16-17,22-23H,5-7,12-15H2,(H,27,32)(H,30,31)/t16-,17+,23?/m0/s1. The molecule has 2 aliphatic carbocycles. The molecule has 7 nitrogen and oxygen atoms in total. The number of hydrogen-bond acceptors (Lipinski definition) is 5. The topological polar surface area (TPSA) is 95.9 Å². The van der Waals surface area contributed by atoms with Crippen LogP contribution in [0.4, 0.5) is 4.79 Å². The zero-order chi connectivity index (χ0) is 23.7. The lowest BCUT2D eigenvalue weighted by Crippen LogP contribution is -2.47. The van der Waals surface area contributed by atoms with Crippen LogP contribution in [-0.4, -0.2) is 58.3 Å². The fraction of sp³-hybridized carbons (Fsp3) is 0.423. The van der Waals surface area contributed by atoms with E-state index >= 15 is 0 Å². The van der Waals surface area contributed by atoms with Gasteiger partial charge in [0.05, 0.1) is 5.88 Å². The molecular weight excluding hydrogens is 452 g/mol. The predicted molar refractivity (Wildman–Crippen MR) is 130 cm³/mol. The van der Waals surface area contributed by atoms with E-state index in [-0.39, 0.29) is 30.4 Å². The molecule has 0 bridgehead atoms. The molecule has 178 valence electrons. The molecule has 2 aromatic rings. The number of benzene rings is 2. The molecule has 0 spiro atoms. The Balaban J connectivity index is 1.18. The third-order valence-corrected chi connectivity index (χ3v) is 8.15. The first-order valence-electron chi connectivity index (χ1n) is 11.8. The lowest BCUT2D eigenvalue weighted by Gasteiger charge is -2.32. The van der Waals surface area contributed by atoms with Crippen LogP contribution < -0.4 is 5.32 Å². The number of nitrogens with zero attached hydrogens (tertiary/aromatic N) is 1. The molecule has 1 heterocycles. The Morgan fingerprint density at radius 3 is 2.38 bits per heavy atom. The van der Waals surface area contributed by atoms with Crippen LogP contribution in [-0.2, 0) is 14.3 Å². The second-order valence-electron chi connectivity index (χ2n) is 9.19. The predicted octanol–water partition coefficient (Wildman–Crippen LogP) is 4.07.